The molecule has 0 bridgehead atoms. The topological polar surface area (TPSA) is 74.2 Å². The minimum atomic E-state index is -0.306. The number of nitrogens with one attached hydrogen (secondary N) is 1. The molecule has 0 radical (unpaired) electrons. The summed E-state index contributed by atoms with van der Waals surface area (Å²) in [6.07, 6.45) is 2.09. The lowest BCUT2D eigenvalue weighted by molar-refractivity contribution is 0.513. The summed E-state index contributed by atoms with van der Waals surface area (Å²) in [5, 5.41) is 12.8. The highest BCUT2D eigenvalue weighted by atomic mass is 19.1. The minimum Gasteiger partial charge on any atom is -0.422 e. The first kappa shape index (κ1) is 12.8. The Bertz CT molecular complexity index is 625. The largest absolute Gasteiger partial charge is 0.422 e. The predicted octanol–water partition coefficient (Wildman–Crippen LogP) is 2.69. The van der Waals surface area contributed by atoms with Gasteiger partial charge < -0.3 is 4.42 Å². The molecule has 19 heavy (non-hydrogen) atoms. The van der Waals surface area contributed by atoms with Gasteiger partial charge in [0.15, 0.2) is 5.89 Å². The van der Waals surface area contributed by atoms with Gasteiger partial charge in [-0.05, 0) is 17.7 Å². The standard InChI is InChI=1S/C13H11FN4O/c1-2-12-17-11(7-15)13(19-12)18-16-8-9-3-5-10(14)6-4-9/h3-6,8,18H,2H2,1H3/b16-8+. The molecule has 1 heterocycles. The van der Waals surface area contributed by atoms with E-state index in [0.29, 0.717) is 12.3 Å². The molecule has 96 valence electrons. The number of aromatic nitrogens is 1. The summed E-state index contributed by atoms with van der Waals surface area (Å²) in [6, 6.07) is 7.77. The van der Waals surface area contributed by atoms with E-state index in [1.54, 1.807) is 12.1 Å². The van der Waals surface area contributed by atoms with Gasteiger partial charge >= 0.3 is 0 Å². The van der Waals surface area contributed by atoms with E-state index in [4.69, 9.17) is 9.68 Å². The molecule has 6 heteroatoms. The number of hydrogen-bond donors (Lipinski definition) is 1. The SMILES string of the molecule is CCc1nc(C#N)c(N/N=C/c2ccc(F)cc2)o1. The number of hydrogen-bond acceptors (Lipinski definition) is 5. The van der Waals surface area contributed by atoms with Crippen molar-refractivity contribution in [3.05, 3.63) is 47.2 Å². The summed E-state index contributed by atoms with van der Waals surface area (Å²) in [5.41, 5.74) is 3.49. The zero-order valence-corrected chi connectivity index (χ0v) is 10.2. The summed E-state index contributed by atoms with van der Waals surface area (Å²) in [4.78, 5) is 3.97. The summed E-state index contributed by atoms with van der Waals surface area (Å²) in [6.45, 7) is 1.87. The quantitative estimate of drug-likeness (QED) is 0.675. The van der Waals surface area contributed by atoms with Gasteiger partial charge in [0, 0.05) is 6.42 Å². The molecule has 0 aliphatic carbocycles. The smallest absolute Gasteiger partial charge is 0.252 e. The van der Waals surface area contributed by atoms with Crippen molar-refractivity contribution < 1.29 is 8.81 Å². The van der Waals surface area contributed by atoms with E-state index >= 15 is 0 Å². The minimum absolute atomic E-state index is 0.160. The maximum atomic E-state index is 12.7. The van der Waals surface area contributed by atoms with Crippen LogP contribution in [0.5, 0.6) is 0 Å². The van der Waals surface area contributed by atoms with Crippen LogP contribution < -0.4 is 5.43 Å². The zero-order valence-electron chi connectivity index (χ0n) is 10.2. The van der Waals surface area contributed by atoms with Crippen LogP contribution in [0.3, 0.4) is 0 Å². The van der Waals surface area contributed by atoms with Crippen molar-refractivity contribution in [1.29, 1.82) is 5.26 Å². The molecular weight excluding hydrogens is 247 g/mol. The number of anilines is 1. The van der Waals surface area contributed by atoms with Gasteiger partial charge in [-0.15, -0.1) is 0 Å². The van der Waals surface area contributed by atoms with Crippen LogP contribution in [0.4, 0.5) is 10.3 Å². The molecule has 0 saturated heterocycles. The molecule has 1 aromatic carbocycles. The molecule has 1 N–H and O–H groups in total. The Labute approximate surface area is 109 Å². The van der Waals surface area contributed by atoms with Gasteiger partial charge in [-0.2, -0.15) is 10.4 Å². The molecule has 0 amide bonds. The normalized spacial score (nSPS) is 10.6. The van der Waals surface area contributed by atoms with Crippen LogP contribution in [0.25, 0.3) is 0 Å². The first-order valence-electron chi connectivity index (χ1n) is 5.67. The summed E-state index contributed by atoms with van der Waals surface area (Å²) < 4.78 is 18.0. The van der Waals surface area contributed by atoms with Crippen LogP contribution in [0.2, 0.25) is 0 Å². The van der Waals surface area contributed by atoms with E-state index < -0.39 is 0 Å². The summed E-state index contributed by atoms with van der Waals surface area (Å²) in [5.74, 6) is 0.369. The second-order valence-corrected chi connectivity index (χ2v) is 3.67. The lowest BCUT2D eigenvalue weighted by Crippen LogP contribution is -1.91. The average Bonchev–Trinajstić information content (AvgIpc) is 2.83. The highest BCUT2D eigenvalue weighted by Crippen LogP contribution is 2.16. The van der Waals surface area contributed by atoms with Crippen molar-refractivity contribution in [2.45, 2.75) is 13.3 Å². The predicted molar refractivity (Wildman–Crippen MR) is 68.2 cm³/mol. The number of benzene rings is 1. The van der Waals surface area contributed by atoms with Crippen LogP contribution in [0.15, 0.2) is 33.8 Å². The van der Waals surface area contributed by atoms with Crippen molar-refractivity contribution in [3.8, 4) is 6.07 Å². The Hall–Kier alpha value is -2.68. The second-order valence-electron chi connectivity index (χ2n) is 3.67. The van der Waals surface area contributed by atoms with Crippen molar-refractivity contribution >= 4 is 12.1 Å². The van der Waals surface area contributed by atoms with Crippen LogP contribution in [-0.2, 0) is 6.42 Å². The molecule has 0 fully saturated rings. The van der Waals surface area contributed by atoms with Crippen molar-refractivity contribution in [2.24, 2.45) is 5.10 Å². The van der Waals surface area contributed by atoms with Gasteiger partial charge in [-0.25, -0.2) is 14.8 Å². The first-order valence-corrected chi connectivity index (χ1v) is 5.67. The Morgan fingerprint density at radius 1 is 1.47 bits per heavy atom. The number of halogens is 1. The highest BCUT2D eigenvalue weighted by molar-refractivity contribution is 5.80. The van der Waals surface area contributed by atoms with Crippen LogP contribution in [-0.4, -0.2) is 11.2 Å². The molecule has 2 aromatic rings. The Kier molecular flexibility index (Phi) is 3.88. The van der Waals surface area contributed by atoms with Crippen molar-refractivity contribution in [3.63, 3.8) is 0 Å². The molecule has 0 saturated carbocycles. The van der Waals surface area contributed by atoms with E-state index in [1.807, 2.05) is 13.0 Å². The van der Waals surface area contributed by atoms with Gasteiger partial charge in [0.25, 0.3) is 5.88 Å². The molecule has 5 nitrogen and oxygen atoms in total. The number of nitrogens with zero attached hydrogens (tertiary/aromatic N) is 3. The molecule has 0 aliphatic heterocycles. The molecule has 0 spiro atoms. The lowest BCUT2D eigenvalue weighted by atomic mass is 10.2. The van der Waals surface area contributed by atoms with Crippen molar-refractivity contribution in [1.82, 2.24) is 4.98 Å². The third-order valence-corrected chi connectivity index (χ3v) is 2.33. The van der Waals surface area contributed by atoms with Gasteiger partial charge in [0.05, 0.1) is 6.21 Å². The fraction of sp³-hybridized carbons (Fsp3) is 0.154. The molecule has 1 aromatic heterocycles. The molecule has 0 atom stereocenters. The number of rotatable bonds is 4. The monoisotopic (exact) mass is 258 g/mol. The van der Waals surface area contributed by atoms with E-state index in [9.17, 15) is 4.39 Å². The third kappa shape index (κ3) is 3.16. The Morgan fingerprint density at radius 2 is 2.21 bits per heavy atom. The van der Waals surface area contributed by atoms with E-state index in [0.717, 1.165) is 5.56 Å². The number of nitriles is 1. The fourth-order valence-electron chi connectivity index (χ4n) is 1.38. The Balaban J connectivity index is 2.08. The first-order chi connectivity index (χ1) is 9.22. The second kappa shape index (κ2) is 5.78. The average molecular weight is 258 g/mol. The number of aryl methyl sites for hydroxylation is 1. The van der Waals surface area contributed by atoms with Gasteiger partial charge in [0.2, 0.25) is 5.69 Å². The zero-order chi connectivity index (χ0) is 13.7. The van der Waals surface area contributed by atoms with Crippen LogP contribution in [0, 0.1) is 17.1 Å². The number of hydrazone groups is 1. The maximum Gasteiger partial charge on any atom is 0.252 e. The van der Waals surface area contributed by atoms with E-state index in [2.05, 4.69) is 15.5 Å². The van der Waals surface area contributed by atoms with Crippen LogP contribution in [0.1, 0.15) is 24.1 Å². The van der Waals surface area contributed by atoms with Crippen LogP contribution >= 0.6 is 0 Å². The molecule has 0 aliphatic rings. The molecule has 2 rings (SSSR count). The van der Waals surface area contributed by atoms with Gasteiger partial charge in [-0.3, -0.25) is 0 Å². The highest BCUT2D eigenvalue weighted by Gasteiger charge is 2.10. The lowest BCUT2D eigenvalue weighted by Gasteiger charge is -1.95. The molecule has 0 unspecified atom stereocenters. The Morgan fingerprint density at radius 3 is 2.84 bits per heavy atom. The third-order valence-electron chi connectivity index (χ3n) is 2.33. The van der Waals surface area contributed by atoms with E-state index in [1.165, 1.54) is 18.3 Å². The summed E-state index contributed by atoms with van der Waals surface area (Å²) >= 11 is 0. The van der Waals surface area contributed by atoms with Crippen molar-refractivity contribution in [2.75, 3.05) is 5.43 Å². The number of oxazole rings is 1. The van der Waals surface area contributed by atoms with Gasteiger partial charge in [-0.1, -0.05) is 19.1 Å². The summed E-state index contributed by atoms with van der Waals surface area (Å²) in [7, 11) is 0. The maximum absolute atomic E-state index is 12.7. The molecular formula is C13H11FN4O. The fourth-order valence-corrected chi connectivity index (χ4v) is 1.38. The van der Waals surface area contributed by atoms with Gasteiger partial charge in [0.1, 0.15) is 11.9 Å². The van der Waals surface area contributed by atoms with E-state index in [-0.39, 0.29) is 17.4 Å².